The Balaban J connectivity index is 1.96. The molecule has 0 bridgehead atoms. The van der Waals surface area contributed by atoms with Crippen LogP contribution in [0.5, 0.6) is 0 Å². The van der Waals surface area contributed by atoms with E-state index in [9.17, 15) is 4.79 Å². The number of anilines is 1. The van der Waals surface area contributed by atoms with Crippen molar-refractivity contribution in [3.63, 3.8) is 0 Å². The molecule has 1 amide bonds. The molecule has 1 aliphatic heterocycles. The Hall–Kier alpha value is -2.01. The number of carbonyl (C=O) groups is 1. The van der Waals surface area contributed by atoms with E-state index in [-0.39, 0.29) is 6.61 Å². The molecule has 1 aromatic carbocycles. The number of carbonyl (C=O) groups excluding carboxylic acids is 1. The Morgan fingerprint density at radius 2 is 2.28 bits per heavy atom. The van der Waals surface area contributed by atoms with Crippen LogP contribution >= 0.6 is 0 Å². The van der Waals surface area contributed by atoms with Gasteiger partial charge >= 0.3 is 6.09 Å². The quantitative estimate of drug-likeness (QED) is 0.882. The number of amides is 1. The molecule has 0 radical (unpaired) electrons. The predicted molar refractivity (Wildman–Crippen MR) is 65.7 cm³/mol. The summed E-state index contributed by atoms with van der Waals surface area (Å²) in [5.41, 5.74) is 1.55. The zero-order chi connectivity index (χ0) is 12.7. The normalized spacial score (nSPS) is 19.6. The van der Waals surface area contributed by atoms with Crippen molar-refractivity contribution in [2.24, 2.45) is 0 Å². The lowest BCUT2D eigenvalue weighted by molar-refractivity contribution is 0.0963. The number of aliphatic hydroxyl groups excluding tert-OH is 1. The minimum Gasteiger partial charge on any atom is -0.461 e. The monoisotopic (exact) mass is 247 g/mol. The smallest absolute Gasteiger partial charge is 0.414 e. The van der Waals surface area contributed by atoms with E-state index < -0.39 is 12.2 Å². The van der Waals surface area contributed by atoms with Crippen molar-refractivity contribution in [3.8, 4) is 0 Å². The number of aliphatic hydroxyl groups is 1. The van der Waals surface area contributed by atoms with E-state index in [1.165, 1.54) is 4.90 Å². The van der Waals surface area contributed by atoms with Crippen LogP contribution in [-0.4, -0.2) is 30.5 Å². The third-order valence-corrected chi connectivity index (χ3v) is 3.01. The number of hydrogen-bond donors (Lipinski definition) is 1. The molecule has 0 aliphatic carbocycles. The van der Waals surface area contributed by atoms with Gasteiger partial charge in [0.25, 0.3) is 0 Å². The summed E-state index contributed by atoms with van der Waals surface area (Å²) in [6, 6.07) is 7.44. The average Bonchev–Trinajstić information content (AvgIpc) is 2.89. The third kappa shape index (κ3) is 1.73. The van der Waals surface area contributed by atoms with Crippen molar-refractivity contribution in [1.82, 2.24) is 0 Å². The maximum atomic E-state index is 11.7. The Labute approximate surface area is 104 Å². The number of furan rings is 1. The summed E-state index contributed by atoms with van der Waals surface area (Å²) in [5.74, 6) is 0.833. The van der Waals surface area contributed by atoms with Gasteiger partial charge in [0.15, 0.2) is 0 Å². The zero-order valence-corrected chi connectivity index (χ0v) is 9.92. The molecule has 18 heavy (non-hydrogen) atoms. The number of fused-ring (bicyclic) bond motifs is 1. The predicted octanol–water partition coefficient (Wildman–Crippen LogP) is 2.06. The number of cyclic esters (lactones) is 1. The molecule has 94 valence electrons. The van der Waals surface area contributed by atoms with Crippen molar-refractivity contribution >= 4 is 22.7 Å². The van der Waals surface area contributed by atoms with Gasteiger partial charge in [-0.05, 0) is 31.2 Å². The maximum Gasteiger partial charge on any atom is 0.414 e. The number of benzene rings is 1. The number of ether oxygens (including phenoxy) is 1. The first-order chi connectivity index (χ1) is 8.67. The van der Waals surface area contributed by atoms with Crippen molar-refractivity contribution < 1.29 is 19.1 Å². The van der Waals surface area contributed by atoms with Crippen LogP contribution in [0.15, 0.2) is 28.7 Å². The standard InChI is InChI=1S/C13H13NO4/c1-8-4-9-5-10(2-3-12(9)17-8)14-6-11(7-15)18-13(14)16/h2-5,11,15H,6-7H2,1H3. The second-order valence-electron chi connectivity index (χ2n) is 4.38. The fourth-order valence-electron chi connectivity index (χ4n) is 2.16. The molecule has 0 saturated carbocycles. The Morgan fingerprint density at radius 3 is 3.00 bits per heavy atom. The number of hydrogen-bond acceptors (Lipinski definition) is 4. The van der Waals surface area contributed by atoms with E-state index in [0.717, 1.165) is 22.4 Å². The van der Waals surface area contributed by atoms with Crippen LogP contribution < -0.4 is 4.90 Å². The minimum atomic E-state index is -0.445. The molecule has 2 aromatic rings. The SMILES string of the molecule is Cc1cc2cc(N3CC(CO)OC3=O)ccc2o1. The molecule has 1 atom stereocenters. The van der Waals surface area contributed by atoms with Gasteiger partial charge in [-0.25, -0.2) is 4.79 Å². The molecule has 1 N–H and O–H groups in total. The van der Waals surface area contributed by atoms with Crippen molar-refractivity contribution in [2.75, 3.05) is 18.1 Å². The Morgan fingerprint density at radius 1 is 1.44 bits per heavy atom. The average molecular weight is 247 g/mol. The maximum absolute atomic E-state index is 11.7. The highest BCUT2D eigenvalue weighted by Gasteiger charge is 2.31. The van der Waals surface area contributed by atoms with Gasteiger partial charge in [-0.2, -0.15) is 0 Å². The van der Waals surface area contributed by atoms with Crippen molar-refractivity contribution in [3.05, 3.63) is 30.0 Å². The van der Waals surface area contributed by atoms with Crippen LogP contribution in [0.1, 0.15) is 5.76 Å². The topological polar surface area (TPSA) is 62.9 Å². The summed E-state index contributed by atoms with van der Waals surface area (Å²) < 4.78 is 10.5. The first-order valence-electron chi connectivity index (χ1n) is 5.76. The fourth-order valence-corrected chi connectivity index (χ4v) is 2.16. The second-order valence-corrected chi connectivity index (χ2v) is 4.38. The molecule has 0 spiro atoms. The lowest BCUT2D eigenvalue weighted by Gasteiger charge is -2.12. The highest BCUT2D eigenvalue weighted by atomic mass is 16.6. The van der Waals surface area contributed by atoms with Crippen molar-refractivity contribution in [2.45, 2.75) is 13.0 Å². The van der Waals surface area contributed by atoms with E-state index in [1.54, 1.807) is 0 Å². The highest BCUT2D eigenvalue weighted by molar-refractivity contribution is 5.93. The zero-order valence-electron chi connectivity index (χ0n) is 9.92. The van der Waals surface area contributed by atoms with E-state index in [2.05, 4.69) is 0 Å². The summed E-state index contributed by atoms with van der Waals surface area (Å²) in [6.45, 7) is 2.10. The third-order valence-electron chi connectivity index (χ3n) is 3.01. The molecule has 1 aliphatic rings. The molecular formula is C13H13NO4. The number of aryl methyl sites for hydroxylation is 1. The summed E-state index contributed by atoms with van der Waals surface area (Å²) in [4.78, 5) is 13.2. The van der Waals surface area contributed by atoms with Gasteiger partial charge in [0, 0.05) is 11.1 Å². The summed E-state index contributed by atoms with van der Waals surface area (Å²) in [5, 5.41) is 9.95. The van der Waals surface area contributed by atoms with Gasteiger partial charge in [0.05, 0.1) is 13.2 Å². The molecule has 5 heteroatoms. The molecule has 2 heterocycles. The van der Waals surface area contributed by atoms with Crippen LogP contribution in [0.2, 0.25) is 0 Å². The number of nitrogens with zero attached hydrogens (tertiary/aromatic N) is 1. The molecule has 1 aromatic heterocycles. The molecule has 1 saturated heterocycles. The van der Waals surface area contributed by atoms with Gasteiger partial charge in [-0.3, -0.25) is 4.90 Å². The van der Waals surface area contributed by atoms with Crippen LogP contribution in [0.25, 0.3) is 11.0 Å². The van der Waals surface area contributed by atoms with Crippen LogP contribution in [-0.2, 0) is 4.74 Å². The van der Waals surface area contributed by atoms with E-state index >= 15 is 0 Å². The van der Waals surface area contributed by atoms with Crippen LogP contribution in [0, 0.1) is 6.92 Å². The number of rotatable bonds is 2. The van der Waals surface area contributed by atoms with Gasteiger partial charge in [0.1, 0.15) is 17.4 Å². The Bertz CT molecular complexity index is 604. The molecule has 5 nitrogen and oxygen atoms in total. The first kappa shape index (κ1) is 11.1. The minimum absolute atomic E-state index is 0.157. The molecule has 1 unspecified atom stereocenters. The summed E-state index contributed by atoms with van der Waals surface area (Å²) >= 11 is 0. The van der Waals surface area contributed by atoms with Gasteiger partial charge in [-0.1, -0.05) is 0 Å². The lowest BCUT2D eigenvalue weighted by atomic mass is 10.2. The summed E-state index contributed by atoms with van der Waals surface area (Å²) in [6.07, 6.45) is -0.868. The van der Waals surface area contributed by atoms with Gasteiger partial charge in [-0.15, -0.1) is 0 Å². The van der Waals surface area contributed by atoms with Crippen molar-refractivity contribution in [1.29, 1.82) is 0 Å². The van der Waals surface area contributed by atoms with E-state index in [0.29, 0.717) is 6.54 Å². The fraction of sp³-hybridized carbons (Fsp3) is 0.308. The lowest BCUT2D eigenvalue weighted by Crippen LogP contribution is -2.25. The highest BCUT2D eigenvalue weighted by Crippen LogP contribution is 2.27. The Kier molecular flexibility index (Phi) is 2.48. The van der Waals surface area contributed by atoms with Gasteiger partial charge in [0.2, 0.25) is 0 Å². The largest absolute Gasteiger partial charge is 0.461 e. The molecule has 1 fully saturated rings. The molecular weight excluding hydrogens is 234 g/mol. The van der Waals surface area contributed by atoms with E-state index in [1.807, 2.05) is 31.2 Å². The van der Waals surface area contributed by atoms with Gasteiger partial charge < -0.3 is 14.3 Å². The first-order valence-corrected chi connectivity index (χ1v) is 5.76. The molecule has 3 rings (SSSR count). The second kappa shape index (κ2) is 4.03. The summed E-state index contributed by atoms with van der Waals surface area (Å²) in [7, 11) is 0. The van der Waals surface area contributed by atoms with Crippen LogP contribution in [0.4, 0.5) is 10.5 Å². The van der Waals surface area contributed by atoms with Crippen LogP contribution in [0.3, 0.4) is 0 Å². The van der Waals surface area contributed by atoms with E-state index in [4.69, 9.17) is 14.3 Å².